The van der Waals surface area contributed by atoms with Gasteiger partial charge in [0, 0.05) is 19.0 Å². The maximum absolute atomic E-state index is 12.1. The van der Waals surface area contributed by atoms with E-state index in [-0.39, 0.29) is 11.6 Å². The average molecular weight is 339 g/mol. The number of likely N-dealkylation sites (tertiary alicyclic amines) is 1. The molecular formula is C14H17N3O5S. The molecule has 2 rings (SSSR count). The molecule has 0 bridgehead atoms. The third kappa shape index (κ3) is 4.65. The fourth-order valence-corrected chi connectivity index (χ4v) is 3.22. The van der Waals surface area contributed by atoms with Gasteiger partial charge in [-0.3, -0.25) is 14.9 Å². The zero-order chi connectivity index (χ0) is 16.8. The third-order valence-electron chi connectivity index (χ3n) is 3.57. The van der Waals surface area contributed by atoms with Crippen molar-refractivity contribution in [1.82, 2.24) is 9.88 Å². The first-order valence-corrected chi connectivity index (χ1v) is 8.23. The smallest absolute Gasteiger partial charge is 0.326 e. The molecule has 1 amide bonds. The van der Waals surface area contributed by atoms with Crippen LogP contribution in [0.3, 0.4) is 0 Å². The van der Waals surface area contributed by atoms with E-state index in [2.05, 4.69) is 4.98 Å². The van der Waals surface area contributed by atoms with E-state index in [0.717, 1.165) is 6.42 Å². The normalized spacial score (nSPS) is 17.2. The van der Waals surface area contributed by atoms with Crippen LogP contribution in [0, 0.1) is 10.1 Å². The minimum absolute atomic E-state index is 0.0572. The molecule has 1 aliphatic heterocycles. The Morgan fingerprint density at radius 2 is 2.26 bits per heavy atom. The van der Waals surface area contributed by atoms with Gasteiger partial charge in [0.15, 0.2) is 0 Å². The molecule has 23 heavy (non-hydrogen) atoms. The lowest BCUT2D eigenvalue weighted by Crippen LogP contribution is -2.40. The summed E-state index contributed by atoms with van der Waals surface area (Å²) >= 11 is 1.41. The second-order valence-corrected chi connectivity index (χ2v) is 6.26. The van der Waals surface area contributed by atoms with E-state index >= 15 is 0 Å². The van der Waals surface area contributed by atoms with Crippen molar-refractivity contribution in [3.05, 3.63) is 28.4 Å². The maximum Gasteiger partial charge on any atom is 0.326 e. The SMILES string of the molecule is O=C(O)C1CCCN1C(=O)CCCSc1ccc([N+](=O)[O-])cn1. The number of pyridine rings is 1. The van der Waals surface area contributed by atoms with Crippen LogP contribution in [0.25, 0.3) is 0 Å². The molecule has 1 aliphatic rings. The lowest BCUT2D eigenvalue weighted by atomic mass is 10.2. The third-order valence-corrected chi connectivity index (χ3v) is 4.60. The first kappa shape index (κ1) is 17.2. The molecule has 1 atom stereocenters. The number of hydrogen-bond donors (Lipinski definition) is 1. The van der Waals surface area contributed by atoms with E-state index in [9.17, 15) is 19.7 Å². The number of carbonyl (C=O) groups excluding carboxylic acids is 1. The predicted molar refractivity (Wildman–Crippen MR) is 83.2 cm³/mol. The Labute approximate surface area is 137 Å². The molecule has 1 aromatic rings. The summed E-state index contributed by atoms with van der Waals surface area (Å²) in [6, 6.07) is 2.28. The van der Waals surface area contributed by atoms with Crippen molar-refractivity contribution in [3.8, 4) is 0 Å². The Morgan fingerprint density at radius 1 is 1.48 bits per heavy atom. The van der Waals surface area contributed by atoms with Crippen LogP contribution in [0.15, 0.2) is 23.4 Å². The number of aliphatic carboxylic acids is 1. The number of thioether (sulfide) groups is 1. The molecule has 124 valence electrons. The van der Waals surface area contributed by atoms with Crippen LogP contribution in [0.1, 0.15) is 25.7 Å². The number of carboxylic acids is 1. The fraction of sp³-hybridized carbons (Fsp3) is 0.500. The molecule has 0 aromatic carbocycles. The van der Waals surface area contributed by atoms with Crippen molar-refractivity contribution in [2.45, 2.75) is 36.8 Å². The van der Waals surface area contributed by atoms with Crippen LogP contribution in [-0.4, -0.2) is 50.1 Å². The first-order chi connectivity index (χ1) is 11.0. The Balaban J connectivity index is 1.73. The first-order valence-electron chi connectivity index (χ1n) is 7.24. The quantitative estimate of drug-likeness (QED) is 0.349. The number of carbonyl (C=O) groups is 2. The number of amides is 1. The molecule has 2 heterocycles. The molecule has 1 N–H and O–H groups in total. The molecule has 8 nitrogen and oxygen atoms in total. The molecule has 1 unspecified atom stereocenters. The molecule has 0 aliphatic carbocycles. The summed E-state index contributed by atoms with van der Waals surface area (Å²) in [5.74, 6) is -0.435. The van der Waals surface area contributed by atoms with Gasteiger partial charge in [0.05, 0.1) is 9.95 Å². The largest absolute Gasteiger partial charge is 0.480 e. The molecular weight excluding hydrogens is 322 g/mol. The van der Waals surface area contributed by atoms with Gasteiger partial charge in [-0.25, -0.2) is 9.78 Å². The number of hydrogen-bond acceptors (Lipinski definition) is 6. The molecule has 1 saturated heterocycles. The molecule has 0 saturated carbocycles. The van der Waals surface area contributed by atoms with E-state index in [1.54, 1.807) is 6.07 Å². The van der Waals surface area contributed by atoms with Crippen molar-refractivity contribution in [1.29, 1.82) is 0 Å². The monoisotopic (exact) mass is 339 g/mol. The highest BCUT2D eigenvalue weighted by Crippen LogP contribution is 2.21. The summed E-state index contributed by atoms with van der Waals surface area (Å²) in [5.41, 5.74) is -0.0572. The number of aromatic nitrogens is 1. The summed E-state index contributed by atoms with van der Waals surface area (Å²) in [4.78, 5) is 38.5. The molecule has 9 heteroatoms. The lowest BCUT2D eigenvalue weighted by molar-refractivity contribution is -0.385. The second kappa shape index (κ2) is 7.91. The summed E-state index contributed by atoms with van der Waals surface area (Å²) < 4.78 is 0. The zero-order valence-electron chi connectivity index (χ0n) is 12.4. The molecule has 1 fully saturated rings. The highest BCUT2D eigenvalue weighted by atomic mass is 32.2. The maximum atomic E-state index is 12.1. The Kier molecular flexibility index (Phi) is 5.91. The van der Waals surface area contributed by atoms with Gasteiger partial charge in [0.1, 0.15) is 12.2 Å². The van der Waals surface area contributed by atoms with E-state index < -0.39 is 16.9 Å². The Morgan fingerprint density at radius 3 is 2.87 bits per heavy atom. The summed E-state index contributed by atoms with van der Waals surface area (Å²) in [7, 11) is 0. The molecule has 0 radical (unpaired) electrons. The minimum atomic E-state index is -0.944. The molecule has 1 aromatic heterocycles. The standard InChI is InChI=1S/C14H17N3O5S/c18-13(16-7-1-3-11(16)14(19)20)4-2-8-23-12-6-5-10(9-15-12)17(21)22/h5-6,9,11H,1-4,7-8H2,(H,19,20). The van der Waals surface area contributed by atoms with Gasteiger partial charge >= 0.3 is 5.97 Å². The van der Waals surface area contributed by atoms with Crippen LogP contribution >= 0.6 is 11.8 Å². The topological polar surface area (TPSA) is 114 Å². The highest BCUT2D eigenvalue weighted by molar-refractivity contribution is 7.99. The van der Waals surface area contributed by atoms with Crippen molar-refractivity contribution in [2.24, 2.45) is 0 Å². The van der Waals surface area contributed by atoms with Crippen LogP contribution in [0.5, 0.6) is 0 Å². The lowest BCUT2D eigenvalue weighted by Gasteiger charge is -2.21. The number of rotatable bonds is 7. The van der Waals surface area contributed by atoms with Gasteiger partial charge in [-0.05, 0) is 31.1 Å². The number of carboxylic acid groups (broad SMARTS) is 1. The second-order valence-electron chi connectivity index (χ2n) is 5.15. The van der Waals surface area contributed by atoms with Gasteiger partial charge in [-0.15, -0.1) is 11.8 Å². The molecule has 0 spiro atoms. The van der Waals surface area contributed by atoms with E-state index in [1.165, 1.54) is 28.9 Å². The van der Waals surface area contributed by atoms with Gasteiger partial charge < -0.3 is 10.0 Å². The van der Waals surface area contributed by atoms with Crippen LogP contribution < -0.4 is 0 Å². The van der Waals surface area contributed by atoms with E-state index in [1.807, 2.05) is 0 Å². The summed E-state index contributed by atoms with van der Waals surface area (Å²) in [5, 5.41) is 20.2. The van der Waals surface area contributed by atoms with Gasteiger partial charge in [-0.1, -0.05) is 0 Å². The Bertz CT molecular complexity index is 593. The van der Waals surface area contributed by atoms with Crippen LogP contribution in [0.2, 0.25) is 0 Å². The fourth-order valence-electron chi connectivity index (χ4n) is 2.43. The van der Waals surface area contributed by atoms with E-state index in [4.69, 9.17) is 5.11 Å². The predicted octanol–water partition coefficient (Wildman–Crippen LogP) is 1.94. The number of nitrogens with zero attached hydrogens (tertiary/aromatic N) is 3. The van der Waals surface area contributed by atoms with Crippen molar-refractivity contribution in [3.63, 3.8) is 0 Å². The van der Waals surface area contributed by atoms with E-state index in [0.29, 0.717) is 36.6 Å². The van der Waals surface area contributed by atoms with Gasteiger partial charge in [0.25, 0.3) is 5.69 Å². The zero-order valence-corrected chi connectivity index (χ0v) is 13.2. The average Bonchev–Trinajstić information content (AvgIpc) is 3.01. The van der Waals surface area contributed by atoms with Crippen molar-refractivity contribution >= 4 is 29.3 Å². The van der Waals surface area contributed by atoms with Crippen molar-refractivity contribution < 1.29 is 19.6 Å². The Hall–Kier alpha value is -2.16. The van der Waals surface area contributed by atoms with Crippen LogP contribution in [0.4, 0.5) is 5.69 Å². The number of nitro groups is 1. The van der Waals surface area contributed by atoms with Gasteiger partial charge in [0.2, 0.25) is 5.91 Å². The van der Waals surface area contributed by atoms with Crippen LogP contribution in [-0.2, 0) is 9.59 Å². The summed E-state index contributed by atoms with van der Waals surface area (Å²) in [6.45, 7) is 0.507. The highest BCUT2D eigenvalue weighted by Gasteiger charge is 2.33. The minimum Gasteiger partial charge on any atom is -0.480 e. The summed E-state index contributed by atoms with van der Waals surface area (Å²) in [6.07, 6.45) is 3.34. The van der Waals surface area contributed by atoms with Crippen molar-refractivity contribution in [2.75, 3.05) is 12.3 Å². The van der Waals surface area contributed by atoms with Gasteiger partial charge in [-0.2, -0.15) is 0 Å².